The molecule has 2 saturated heterocycles. The van der Waals surface area contributed by atoms with Crippen LogP contribution >= 0.6 is 0 Å². The van der Waals surface area contributed by atoms with Gasteiger partial charge in [-0.1, -0.05) is 27.7 Å². The Labute approximate surface area is 294 Å². The third kappa shape index (κ3) is 4.14. The molecule has 0 amide bonds. The lowest BCUT2D eigenvalue weighted by Gasteiger charge is -2.45. The second kappa shape index (κ2) is 10.3. The highest BCUT2D eigenvalue weighted by molar-refractivity contribution is 5.95. The van der Waals surface area contributed by atoms with Gasteiger partial charge in [0.15, 0.2) is 12.2 Å². The molecule has 13 heteroatoms. The average Bonchev–Trinajstić information content (AvgIpc) is 3.49. The molecule has 4 fully saturated rings. The van der Waals surface area contributed by atoms with Crippen molar-refractivity contribution in [2.75, 3.05) is 0 Å². The van der Waals surface area contributed by atoms with E-state index in [1.54, 1.807) is 74.4 Å². The third-order valence-corrected chi connectivity index (χ3v) is 13.8. The molecule has 0 radical (unpaired) electrons. The van der Waals surface area contributed by atoms with Crippen LogP contribution in [0.1, 0.15) is 111 Å². The second-order valence-corrected chi connectivity index (χ2v) is 16.8. The fourth-order valence-electron chi connectivity index (χ4n) is 9.16. The van der Waals surface area contributed by atoms with Gasteiger partial charge in [-0.05, 0) is 78.0 Å². The van der Waals surface area contributed by atoms with Gasteiger partial charge in [0.25, 0.3) is 0 Å². The number of fused-ring (bicyclic) bond motifs is 7. The van der Waals surface area contributed by atoms with Gasteiger partial charge in [0.05, 0.1) is 22.0 Å². The Morgan fingerprint density at radius 1 is 0.765 bits per heavy atom. The summed E-state index contributed by atoms with van der Waals surface area (Å²) in [7, 11) is 0. The number of carbonyl (C=O) groups excluding carboxylic acids is 5. The molecule has 2 aromatic rings. The summed E-state index contributed by atoms with van der Waals surface area (Å²) in [6, 6.07) is 3.31. The molecule has 3 aliphatic heterocycles. The lowest BCUT2D eigenvalue weighted by molar-refractivity contribution is -0.217. The maximum atomic E-state index is 14.6. The molecule has 1 aromatic carbocycles. The first kappa shape index (κ1) is 35.0. The van der Waals surface area contributed by atoms with Crippen LogP contribution < -0.4 is 10.4 Å². The van der Waals surface area contributed by atoms with Crippen LogP contribution in [0, 0.1) is 28.6 Å². The minimum atomic E-state index is -1.65. The van der Waals surface area contributed by atoms with Crippen molar-refractivity contribution in [2.24, 2.45) is 21.7 Å². The summed E-state index contributed by atoms with van der Waals surface area (Å²) in [6.45, 7) is 16.6. The largest absolute Gasteiger partial charge is 0.483 e. The molecular weight excluding hydrogens is 664 g/mol. The van der Waals surface area contributed by atoms with E-state index < -0.39 is 86.1 Å². The van der Waals surface area contributed by atoms with Crippen LogP contribution in [0.25, 0.3) is 11.0 Å². The average molecular weight is 709 g/mol. The topological polar surface area (TPSA) is 171 Å². The van der Waals surface area contributed by atoms with E-state index in [2.05, 4.69) is 0 Å². The monoisotopic (exact) mass is 708 g/mol. The van der Waals surface area contributed by atoms with E-state index in [4.69, 9.17) is 32.8 Å². The van der Waals surface area contributed by atoms with E-state index in [0.717, 1.165) is 0 Å². The van der Waals surface area contributed by atoms with Crippen LogP contribution in [0.2, 0.25) is 0 Å². The molecule has 4 heterocycles. The number of carbonyl (C=O) groups is 5. The third-order valence-electron chi connectivity index (χ3n) is 13.8. The molecule has 2 saturated carbocycles. The Kier molecular flexibility index (Phi) is 7.10. The zero-order valence-electron chi connectivity index (χ0n) is 30.7. The summed E-state index contributed by atoms with van der Waals surface area (Å²) in [5.41, 5.74) is -8.50. The van der Waals surface area contributed by atoms with Gasteiger partial charge in [-0.25, -0.2) is 14.4 Å². The fraction of sp³-hybridized carbons (Fsp3) is 0.632. The number of benzene rings is 1. The van der Waals surface area contributed by atoms with Crippen molar-refractivity contribution >= 4 is 40.8 Å². The van der Waals surface area contributed by atoms with Gasteiger partial charge >= 0.3 is 35.5 Å². The zero-order chi connectivity index (χ0) is 37.5. The van der Waals surface area contributed by atoms with Crippen molar-refractivity contribution in [1.82, 2.24) is 0 Å². The van der Waals surface area contributed by atoms with Crippen LogP contribution in [0.3, 0.4) is 0 Å². The molecule has 6 atom stereocenters. The summed E-state index contributed by atoms with van der Waals surface area (Å²) in [5.74, 6) is -3.06. The first-order chi connectivity index (χ1) is 23.5. The lowest BCUT2D eigenvalue weighted by atomic mass is 9.66. The number of ether oxygens (including phenoxy) is 6. The summed E-state index contributed by atoms with van der Waals surface area (Å²) >= 11 is 0. The van der Waals surface area contributed by atoms with Crippen molar-refractivity contribution < 1.29 is 56.8 Å². The van der Waals surface area contributed by atoms with E-state index in [-0.39, 0.29) is 41.9 Å². The molecule has 13 nitrogen and oxygen atoms in total. The van der Waals surface area contributed by atoms with Crippen molar-refractivity contribution in [1.29, 1.82) is 0 Å². The van der Waals surface area contributed by atoms with Crippen molar-refractivity contribution in [3.63, 3.8) is 0 Å². The number of aryl methyl sites for hydroxylation is 1. The van der Waals surface area contributed by atoms with Crippen LogP contribution in [0.4, 0.5) is 0 Å². The first-order valence-corrected chi connectivity index (χ1v) is 17.3. The SMILES string of the molecule is CC(=O)OCc1c(C)c2ccc3c(c2oc1=O)[C@@H](OC(=O)[C@@]12CC[C@@](C)(C(=O)O1)C2(C)C)[C@@H](OC(=O)[C@@]12CC[C@@](C)(C(=O)O1)C2(C)C)C(C)(C)O3. The van der Waals surface area contributed by atoms with Crippen molar-refractivity contribution in [3.8, 4) is 5.75 Å². The summed E-state index contributed by atoms with van der Waals surface area (Å²) < 4.78 is 41.9. The second-order valence-electron chi connectivity index (χ2n) is 16.8. The number of hydrogen-bond acceptors (Lipinski definition) is 13. The van der Waals surface area contributed by atoms with Gasteiger partial charge in [0.2, 0.25) is 11.2 Å². The number of hydrogen-bond donors (Lipinski definition) is 0. The predicted molar refractivity (Wildman–Crippen MR) is 176 cm³/mol. The highest BCUT2D eigenvalue weighted by Crippen LogP contribution is 2.67. The molecular formula is C38H44O13. The van der Waals surface area contributed by atoms with Gasteiger partial charge in [-0.2, -0.15) is 0 Å². The Balaban J connectivity index is 1.38. The lowest BCUT2D eigenvalue weighted by Crippen LogP contribution is -2.57. The predicted octanol–water partition coefficient (Wildman–Crippen LogP) is 5.08. The minimum Gasteiger partial charge on any atom is -0.483 e. The van der Waals surface area contributed by atoms with Crippen molar-refractivity contribution in [2.45, 2.75) is 131 Å². The number of rotatable bonds is 6. The summed E-state index contributed by atoms with van der Waals surface area (Å²) in [5, 5.41) is 0.431. The van der Waals surface area contributed by atoms with E-state index >= 15 is 0 Å². The molecule has 7 rings (SSSR count). The Bertz CT molecular complexity index is 2020. The first-order valence-electron chi connectivity index (χ1n) is 17.3. The summed E-state index contributed by atoms with van der Waals surface area (Å²) in [4.78, 5) is 80.3. The smallest absolute Gasteiger partial charge is 0.351 e. The van der Waals surface area contributed by atoms with E-state index in [1.807, 2.05) is 0 Å². The Hall–Kier alpha value is -4.42. The van der Waals surface area contributed by atoms with Gasteiger partial charge in [-0.3, -0.25) is 14.4 Å². The molecule has 274 valence electrons. The standard InChI is InChI=1S/C38H44O13/c1-18-20-11-12-22-23(24(20)46-27(40)21(18)17-45-19(2)39)25(47-30(43)37-15-13-35(9,28(41)50-37)33(37,5)6)26(32(3,4)49-22)48-31(44)38-16-14-36(10,29(42)51-38)34(38,7)8/h11-12,25-26H,13-17H2,1-10H3/t25-,26-,35+,36+,37-,38-/m1/s1. The molecule has 0 spiro atoms. The Morgan fingerprint density at radius 2 is 1.29 bits per heavy atom. The maximum absolute atomic E-state index is 14.6. The molecule has 5 aliphatic rings. The van der Waals surface area contributed by atoms with Crippen LogP contribution in [-0.2, 0) is 54.3 Å². The quantitative estimate of drug-likeness (QED) is 0.221. The van der Waals surface area contributed by atoms with E-state index in [1.165, 1.54) is 6.92 Å². The molecule has 0 unspecified atom stereocenters. The molecule has 51 heavy (non-hydrogen) atoms. The van der Waals surface area contributed by atoms with Gasteiger partial charge in [0, 0.05) is 23.1 Å². The highest BCUT2D eigenvalue weighted by Gasteiger charge is 2.78. The minimum absolute atomic E-state index is 0.00610. The van der Waals surface area contributed by atoms with E-state index in [9.17, 15) is 28.8 Å². The maximum Gasteiger partial charge on any atom is 0.351 e. The van der Waals surface area contributed by atoms with Crippen molar-refractivity contribution in [3.05, 3.63) is 39.2 Å². The molecule has 4 bridgehead atoms. The van der Waals surface area contributed by atoms with Gasteiger partial charge in [-0.15, -0.1) is 0 Å². The molecule has 0 N–H and O–H groups in total. The van der Waals surface area contributed by atoms with Crippen LogP contribution in [0.15, 0.2) is 21.3 Å². The zero-order valence-corrected chi connectivity index (χ0v) is 30.7. The van der Waals surface area contributed by atoms with Gasteiger partial charge < -0.3 is 32.8 Å². The van der Waals surface area contributed by atoms with Crippen LogP contribution in [-0.4, -0.2) is 52.8 Å². The number of esters is 5. The molecule has 2 aliphatic carbocycles. The van der Waals surface area contributed by atoms with Gasteiger partial charge in [0.1, 0.15) is 23.5 Å². The van der Waals surface area contributed by atoms with E-state index in [0.29, 0.717) is 23.8 Å². The van der Waals surface area contributed by atoms with Crippen LogP contribution in [0.5, 0.6) is 5.75 Å². The molecule has 1 aromatic heterocycles. The Morgan fingerprint density at radius 3 is 1.76 bits per heavy atom. The normalized spacial score (nSPS) is 34.7. The fourth-order valence-corrected chi connectivity index (χ4v) is 9.16. The highest BCUT2D eigenvalue weighted by atomic mass is 16.7. The summed E-state index contributed by atoms with van der Waals surface area (Å²) in [6.07, 6.45) is -1.59.